The molecule has 0 bridgehead atoms. The van der Waals surface area contributed by atoms with Crippen molar-refractivity contribution < 1.29 is 14.7 Å². The number of benzene rings is 1. The third-order valence-electron chi connectivity index (χ3n) is 5.52. The van der Waals surface area contributed by atoms with E-state index in [1.807, 2.05) is 26.0 Å². The first kappa shape index (κ1) is 21.8. The largest absolute Gasteiger partial charge is 0.383 e. The predicted octanol–water partition coefficient (Wildman–Crippen LogP) is 1.90. The predicted molar refractivity (Wildman–Crippen MR) is 106 cm³/mol. The fraction of sp³-hybridized carbons (Fsp3) is 0.600. The fourth-order valence-electron chi connectivity index (χ4n) is 3.38. The van der Waals surface area contributed by atoms with Gasteiger partial charge in [0.1, 0.15) is 6.10 Å². The van der Waals surface area contributed by atoms with E-state index in [9.17, 15) is 14.7 Å². The lowest BCUT2D eigenvalue weighted by molar-refractivity contribution is -0.142. The van der Waals surface area contributed by atoms with Crippen LogP contribution in [-0.4, -0.2) is 35.1 Å². The van der Waals surface area contributed by atoms with Crippen LogP contribution in [0.3, 0.4) is 0 Å². The zero-order valence-electron chi connectivity index (χ0n) is 16.3. The molecule has 0 aromatic heterocycles. The molecule has 1 heterocycles. The van der Waals surface area contributed by atoms with Crippen LogP contribution in [-0.2, 0) is 22.6 Å². The zero-order chi connectivity index (χ0) is 20.2. The average Bonchev–Trinajstić information content (AvgIpc) is 3.07. The van der Waals surface area contributed by atoms with E-state index < -0.39 is 23.0 Å². The van der Waals surface area contributed by atoms with E-state index in [4.69, 9.17) is 17.3 Å². The Hall–Kier alpha value is -1.47. The number of nitrogens with two attached hydrogens (primary N) is 1. The second-order valence-electron chi connectivity index (χ2n) is 8.19. The Morgan fingerprint density at radius 3 is 2.70 bits per heavy atom. The lowest BCUT2D eigenvalue weighted by Crippen LogP contribution is -2.56. The maximum absolute atomic E-state index is 12.4. The van der Waals surface area contributed by atoms with Crippen molar-refractivity contribution in [3.63, 3.8) is 0 Å². The first-order chi connectivity index (χ1) is 12.6. The Kier molecular flexibility index (Phi) is 7.03. The molecule has 1 fully saturated rings. The Bertz CT molecular complexity index is 700. The van der Waals surface area contributed by atoms with Crippen molar-refractivity contribution in [3.8, 4) is 0 Å². The van der Waals surface area contributed by atoms with Gasteiger partial charge in [0.15, 0.2) is 0 Å². The minimum absolute atomic E-state index is 0.389. The van der Waals surface area contributed by atoms with Crippen molar-refractivity contribution in [2.75, 3.05) is 6.54 Å². The monoisotopic (exact) mass is 395 g/mol. The number of nitrogens with one attached hydrogen (secondary N) is 2. The summed E-state index contributed by atoms with van der Waals surface area (Å²) < 4.78 is 0. The first-order valence-corrected chi connectivity index (χ1v) is 9.72. The number of amides is 2. The topological polar surface area (TPSA) is 104 Å². The SMILES string of the molecule is CC(C)(CCc1cc(Cl)ccc1CN)[C@@H](O)C(=O)NC(=O)[C@]1(C)CCCN1. The van der Waals surface area contributed by atoms with Crippen LogP contribution in [0, 0.1) is 5.41 Å². The van der Waals surface area contributed by atoms with Crippen molar-refractivity contribution in [1.82, 2.24) is 10.6 Å². The Morgan fingerprint density at radius 2 is 2.11 bits per heavy atom. The molecule has 150 valence electrons. The van der Waals surface area contributed by atoms with Gasteiger partial charge < -0.3 is 16.2 Å². The van der Waals surface area contributed by atoms with Crippen molar-refractivity contribution in [1.29, 1.82) is 0 Å². The maximum atomic E-state index is 12.4. The number of halogens is 1. The Balaban J connectivity index is 1.99. The second-order valence-corrected chi connectivity index (χ2v) is 8.63. The molecule has 1 aliphatic rings. The highest BCUT2D eigenvalue weighted by Gasteiger charge is 2.40. The second kappa shape index (κ2) is 8.69. The summed E-state index contributed by atoms with van der Waals surface area (Å²) in [4.78, 5) is 24.8. The maximum Gasteiger partial charge on any atom is 0.255 e. The molecule has 1 aliphatic heterocycles. The van der Waals surface area contributed by atoms with E-state index in [1.165, 1.54) is 0 Å². The quantitative estimate of drug-likeness (QED) is 0.564. The molecule has 0 radical (unpaired) electrons. The normalized spacial score (nSPS) is 21.1. The molecular weight excluding hydrogens is 366 g/mol. The molecule has 2 amide bonds. The summed E-state index contributed by atoms with van der Waals surface area (Å²) in [6.07, 6.45) is 1.42. The molecule has 0 saturated carbocycles. The molecule has 0 spiro atoms. The molecule has 2 atom stereocenters. The minimum Gasteiger partial charge on any atom is -0.383 e. The van der Waals surface area contributed by atoms with Gasteiger partial charge in [-0.05, 0) is 62.4 Å². The Labute approximate surface area is 165 Å². The van der Waals surface area contributed by atoms with E-state index in [0.717, 1.165) is 24.1 Å². The minimum atomic E-state index is -1.30. The van der Waals surface area contributed by atoms with Crippen LogP contribution >= 0.6 is 11.6 Å². The molecule has 5 N–H and O–H groups in total. The van der Waals surface area contributed by atoms with Crippen molar-refractivity contribution in [2.45, 2.75) is 64.6 Å². The number of carbonyl (C=O) groups excluding carboxylic acids is 2. The lowest BCUT2D eigenvalue weighted by Gasteiger charge is -2.31. The van der Waals surface area contributed by atoms with Crippen LogP contribution < -0.4 is 16.4 Å². The average molecular weight is 396 g/mol. The van der Waals surface area contributed by atoms with Crippen LogP contribution in [0.4, 0.5) is 0 Å². The van der Waals surface area contributed by atoms with Gasteiger partial charge in [0, 0.05) is 17.0 Å². The smallest absolute Gasteiger partial charge is 0.255 e. The first-order valence-electron chi connectivity index (χ1n) is 9.35. The van der Waals surface area contributed by atoms with E-state index in [0.29, 0.717) is 30.8 Å². The summed E-state index contributed by atoms with van der Waals surface area (Å²) in [7, 11) is 0. The molecule has 2 rings (SSSR count). The van der Waals surface area contributed by atoms with Gasteiger partial charge in [-0.25, -0.2) is 0 Å². The summed E-state index contributed by atoms with van der Waals surface area (Å²) in [6, 6.07) is 5.55. The Morgan fingerprint density at radius 1 is 1.41 bits per heavy atom. The standard InChI is InChI=1S/C20H30ClN3O3/c1-19(2,9-7-13-11-15(21)6-5-14(13)12-22)16(25)17(26)24-18(27)20(3)8-4-10-23-20/h5-6,11,16,23,25H,4,7-10,12,22H2,1-3H3,(H,24,26,27)/t16-,20-/m0/s1. The molecule has 1 aromatic carbocycles. The lowest BCUT2D eigenvalue weighted by atomic mass is 9.80. The van der Waals surface area contributed by atoms with Crippen molar-refractivity contribution in [2.24, 2.45) is 11.1 Å². The van der Waals surface area contributed by atoms with Crippen molar-refractivity contribution in [3.05, 3.63) is 34.3 Å². The van der Waals surface area contributed by atoms with Crippen LogP contribution in [0.15, 0.2) is 18.2 Å². The van der Waals surface area contributed by atoms with Crippen LogP contribution in [0.1, 0.15) is 51.2 Å². The highest BCUT2D eigenvalue weighted by molar-refractivity contribution is 6.30. The fourth-order valence-corrected chi connectivity index (χ4v) is 3.58. The third-order valence-corrected chi connectivity index (χ3v) is 5.76. The van der Waals surface area contributed by atoms with Gasteiger partial charge in [0.25, 0.3) is 5.91 Å². The summed E-state index contributed by atoms with van der Waals surface area (Å²) in [5, 5.41) is 16.6. The molecule has 27 heavy (non-hydrogen) atoms. The van der Waals surface area contributed by atoms with Crippen molar-refractivity contribution >= 4 is 23.4 Å². The molecule has 1 aromatic rings. The number of hydrogen-bond acceptors (Lipinski definition) is 5. The van der Waals surface area contributed by atoms with Gasteiger partial charge in [-0.15, -0.1) is 0 Å². The summed E-state index contributed by atoms with van der Waals surface area (Å²) in [5.41, 5.74) is 6.30. The third kappa shape index (κ3) is 5.29. The molecule has 6 nitrogen and oxygen atoms in total. The summed E-state index contributed by atoms with van der Waals surface area (Å²) in [6.45, 7) is 6.53. The molecule has 1 saturated heterocycles. The number of imide groups is 1. The van der Waals surface area contributed by atoms with Gasteiger partial charge in [-0.2, -0.15) is 0 Å². The van der Waals surface area contributed by atoms with E-state index in [-0.39, 0.29) is 5.91 Å². The van der Waals surface area contributed by atoms with Crippen LogP contribution in [0.25, 0.3) is 0 Å². The van der Waals surface area contributed by atoms with Crippen LogP contribution in [0.2, 0.25) is 5.02 Å². The number of carbonyl (C=O) groups is 2. The van der Waals surface area contributed by atoms with Gasteiger partial charge in [0.05, 0.1) is 5.54 Å². The molecular formula is C20H30ClN3O3. The highest BCUT2D eigenvalue weighted by Crippen LogP contribution is 2.29. The van der Waals surface area contributed by atoms with E-state index >= 15 is 0 Å². The molecule has 7 heteroatoms. The summed E-state index contributed by atoms with van der Waals surface area (Å²) >= 11 is 6.07. The van der Waals surface area contributed by atoms with E-state index in [1.54, 1.807) is 13.0 Å². The van der Waals surface area contributed by atoms with Gasteiger partial charge >= 0.3 is 0 Å². The van der Waals surface area contributed by atoms with Crippen LogP contribution in [0.5, 0.6) is 0 Å². The number of hydrogen-bond donors (Lipinski definition) is 4. The van der Waals surface area contributed by atoms with Gasteiger partial charge in [0.2, 0.25) is 5.91 Å². The van der Waals surface area contributed by atoms with E-state index in [2.05, 4.69) is 10.6 Å². The molecule has 0 aliphatic carbocycles. The number of rotatable bonds is 7. The van der Waals surface area contributed by atoms with Gasteiger partial charge in [-0.1, -0.05) is 31.5 Å². The number of aliphatic hydroxyl groups is 1. The number of aliphatic hydroxyl groups excluding tert-OH is 1. The zero-order valence-corrected chi connectivity index (χ0v) is 17.0. The highest BCUT2D eigenvalue weighted by atomic mass is 35.5. The van der Waals surface area contributed by atoms with Gasteiger partial charge in [-0.3, -0.25) is 14.9 Å². The molecule has 0 unspecified atom stereocenters. The number of aryl methyl sites for hydroxylation is 1. The summed E-state index contributed by atoms with van der Waals surface area (Å²) in [5.74, 6) is -1.05.